The largest absolute Gasteiger partial charge is 0.419 e. The van der Waals surface area contributed by atoms with Crippen LogP contribution in [0.5, 0.6) is 0 Å². The molecule has 0 spiro atoms. The molecule has 3 aromatic rings. The van der Waals surface area contributed by atoms with E-state index in [9.17, 15) is 22.4 Å². The van der Waals surface area contributed by atoms with E-state index in [1.54, 1.807) is 4.90 Å². The Morgan fingerprint density at radius 1 is 1.07 bits per heavy atom. The molecule has 150 valence electrons. The molecule has 1 aliphatic rings. The topological polar surface area (TPSA) is 49.0 Å². The zero-order valence-corrected chi connectivity index (χ0v) is 15.3. The van der Waals surface area contributed by atoms with E-state index in [1.165, 1.54) is 12.1 Å². The number of hydrogen-bond donors (Lipinski definition) is 1. The first kappa shape index (κ1) is 19.3. The first-order valence-electron chi connectivity index (χ1n) is 9.07. The molecule has 0 saturated carbocycles. The average molecular weight is 403 g/mol. The summed E-state index contributed by atoms with van der Waals surface area (Å²) in [7, 11) is 0. The molecule has 0 saturated heterocycles. The number of nitrogens with one attached hydrogen (secondary N) is 1. The lowest BCUT2D eigenvalue weighted by atomic mass is 10.0. The molecule has 1 aliphatic heterocycles. The summed E-state index contributed by atoms with van der Waals surface area (Å²) < 4.78 is 53.1. The third-order valence-electron chi connectivity index (χ3n) is 4.97. The van der Waals surface area contributed by atoms with Crippen LogP contribution in [0.2, 0.25) is 0 Å². The molecule has 0 amide bonds. The minimum Gasteiger partial charge on any atom is -0.306 e. The van der Waals surface area contributed by atoms with E-state index in [-0.39, 0.29) is 24.2 Å². The zero-order valence-electron chi connectivity index (χ0n) is 15.3. The summed E-state index contributed by atoms with van der Waals surface area (Å²) in [4.78, 5) is 21.6. The molecular formula is C21H17F4N3O. The highest BCUT2D eigenvalue weighted by molar-refractivity contribution is 5.54. The number of halogens is 4. The van der Waals surface area contributed by atoms with Gasteiger partial charge in [0.05, 0.1) is 16.8 Å². The summed E-state index contributed by atoms with van der Waals surface area (Å²) in [5, 5.41) is 0. The molecule has 1 aromatic heterocycles. The molecule has 0 fully saturated rings. The van der Waals surface area contributed by atoms with Crippen molar-refractivity contribution in [2.45, 2.75) is 25.7 Å². The molecule has 2 heterocycles. The van der Waals surface area contributed by atoms with Gasteiger partial charge in [-0.05, 0) is 6.07 Å². The Morgan fingerprint density at radius 2 is 1.83 bits per heavy atom. The molecule has 29 heavy (non-hydrogen) atoms. The van der Waals surface area contributed by atoms with Crippen LogP contribution in [-0.4, -0.2) is 21.4 Å². The standard InChI is InChI=1S/C21H17F4N3O/c22-18-14(7-4-8-16(18)21(23,24)25)11-28-10-9-17-15(12-28)20(29)27-19(26-17)13-5-2-1-3-6-13/h1-8H,9-12H2,(H,26,27,29). The Bertz CT molecular complexity index is 1090. The monoisotopic (exact) mass is 403 g/mol. The molecule has 0 unspecified atom stereocenters. The molecule has 4 nitrogen and oxygen atoms in total. The lowest BCUT2D eigenvalue weighted by molar-refractivity contribution is -0.140. The Kier molecular flexibility index (Phi) is 4.96. The van der Waals surface area contributed by atoms with Crippen LogP contribution >= 0.6 is 0 Å². The van der Waals surface area contributed by atoms with Crippen molar-refractivity contribution in [3.63, 3.8) is 0 Å². The molecule has 1 N–H and O–H groups in total. The Hall–Kier alpha value is -3.00. The van der Waals surface area contributed by atoms with Gasteiger partial charge in [-0.1, -0.05) is 42.5 Å². The second-order valence-corrected chi connectivity index (χ2v) is 6.94. The Labute approximate surface area is 163 Å². The summed E-state index contributed by atoms with van der Waals surface area (Å²) in [5.41, 5.74) is 0.300. The molecule has 2 aromatic carbocycles. The van der Waals surface area contributed by atoms with Crippen molar-refractivity contribution in [1.29, 1.82) is 0 Å². The number of aromatic amines is 1. The van der Waals surface area contributed by atoms with E-state index in [0.29, 0.717) is 30.0 Å². The van der Waals surface area contributed by atoms with Crippen molar-refractivity contribution in [2.24, 2.45) is 0 Å². The molecule has 8 heteroatoms. The van der Waals surface area contributed by atoms with Gasteiger partial charge in [0.2, 0.25) is 0 Å². The van der Waals surface area contributed by atoms with Gasteiger partial charge in [0, 0.05) is 37.2 Å². The Balaban J connectivity index is 1.58. The summed E-state index contributed by atoms with van der Waals surface area (Å²) >= 11 is 0. The van der Waals surface area contributed by atoms with Crippen LogP contribution in [0.15, 0.2) is 53.3 Å². The molecule has 0 bridgehead atoms. The maximum atomic E-state index is 14.3. The zero-order chi connectivity index (χ0) is 20.6. The first-order chi connectivity index (χ1) is 13.8. The Morgan fingerprint density at radius 3 is 2.55 bits per heavy atom. The fourth-order valence-corrected chi connectivity index (χ4v) is 3.51. The van der Waals surface area contributed by atoms with Crippen LogP contribution in [-0.2, 0) is 25.7 Å². The number of benzene rings is 2. The molecule has 0 radical (unpaired) electrons. The summed E-state index contributed by atoms with van der Waals surface area (Å²) in [6, 6.07) is 12.5. The van der Waals surface area contributed by atoms with Crippen molar-refractivity contribution in [3.8, 4) is 11.4 Å². The second-order valence-electron chi connectivity index (χ2n) is 6.94. The number of hydrogen-bond acceptors (Lipinski definition) is 3. The first-order valence-corrected chi connectivity index (χ1v) is 9.07. The SMILES string of the molecule is O=c1[nH]c(-c2ccccc2)nc2c1CN(Cc1cccc(C(F)(F)F)c1F)CC2. The fraction of sp³-hybridized carbons (Fsp3) is 0.238. The van der Waals surface area contributed by atoms with Crippen molar-refractivity contribution in [2.75, 3.05) is 6.54 Å². The molecule has 0 atom stereocenters. The quantitative estimate of drug-likeness (QED) is 0.669. The van der Waals surface area contributed by atoms with Gasteiger partial charge in [0.15, 0.2) is 0 Å². The van der Waals surface area contributed by atoms with E-state index in [0.717, 1.165) is 11.6 Å². The smallest absolute Gasteiger partial charge is 0.306 e. The highest BCUT2D eigenvalue weighted by atomic mass is 19.4. The van der Waals surface area contributed by atoms with Gasteiger partial charge in [-0.25, -0.2) is 9.37 Å². The molecule has 0 aliphatic carbocycles. The van der Waals surface area contributed by atoms with Crippen molar-refractivity contribution in [1.82, 2.24) is 14.9 Å². The van der Waals surface area contributed by atoms with E-state index in [2.05, 4.69) is 9.97 Å². The predicted octanol–water partition coefficient (Wildman–Crippen LogP) is 4.15. The van der Waals surface area contributed by atoms with Gasteiger partial charge in [0.25, 0.3) is 5.56 Å². The number of rotatable bonds is 3. The van der Waals surface area contributed by atoms with Gasteiger partial charge in [0.1, 0.15) is 11.6 Å². The van der Waals surface area contributed by atoms with Gasteiger partial charge in [-0.15, -0.1) is 0 Å². The summed E-state index contributed by atoms with van der Waals surface area (Å²) in [6.07, 6.45) is -4.29. The van der Waals surface area contributed by atoms with Crippen LogP contribution in [0.25, 0.3) is 11.4 Å². The lowest BCUT2D eigenvalue weighted by Gasteiger charge is -2.28. The van der Waals surface area contributed by atoms with Crippen LogP contribution in [0.3, 0.4) is 0 Å². The second kappa shape index (κ2) is 7.44. The summed E-state index contributed by atoms with van der Waals surface area (Å²) in [6.45, 7) is 0.644. The molecular weight excluding hydrogens is 386 g/mol. The average Bonchev–Trinajstić information content (AvgIpc) is 2.69. The number of H-pyrrole nitrogens is 1. The number of aromatic nitrogens is 2. The number of fused-ring (bicyclic) bond motifs is 1. The van der Waals surface area contributed by atoms with Crippen molar-refractivity contribution >= 4 is 0 Å². The molecule has 4 rings (SSSR count). The third-order valence-corrected chi connectivity index (χ3v) is 4.97. The minimum atomic E-state index is -4.75. The number of nitrogens with zero attached hydrogens (tertiary/aromatic N) is 2. The van der Waals surface area contributed by atoms with Crippen molar-refractivity contribution in [3.05, 3.63) is 87.1 Å². The fourth-order valence-electron chi connectivity index (χ4n) is 3.51. The van der Waals surface area contributed by atoms with Crippen LogP contribution < -0.4 is 5.56 Å². The van der Waals surface area contributed by atoms with Gasteiger partial charge in [-0.3, -0.25) is 9.69 Å². The van der Waals surface area contributed by atoms with Crippen LogP contribution in [0.4, 0.5) is 17.6 Å². The maximum Gasteiger partial charge on any atom is 0.419 e. The summed E-state index contributed by atoms with van der Waals surface area (Å²) in [5.74, 6) is -0.788. The van der Waals surface area contributed by atoms with Gasteiger partial charge < -0.3 is 4.98 Å². The highest BCUT2D eigenvalue weighted by Gasteiger charge is 2.35. The van der Waals surface area contributed by atoms with E-state index >= 15 is 0 Å². The van der Waals surface area contributed by atoms with Crippen LogP contribution in [0.1, 0.15) is 22.4 Å². The lowest BCUT2D eigenvalue weighted by Crippen LogP contribution is -2.35. The number of alkyl halides is 3. The predicted molar refractivity (Wildman–Crippen MR) is 99.5 cm³/mol. The van der Waals surface area contributed by atoms with E-state index < -0.39 is 17.6 Å². The van der Waals surface area contributed by atoms with E-state index in [4.69, 9.17) is 0 Å². The minimum absolute atomic E-state index is 0.0188. The highest BCUT2D eigenvalue weighted by Crippen LogP contribution is 2.33. The van der Waals surface area contributed by atoms with Crippen LogP contribution in [0, 0.1) is 5.82 Å². The van der Waals surface area contributed by atoms with Gasteiger partial charge >= 0.3 is 6.18 Å². The maximum absolute atomic E-state index is 14.3. The van der Waals surface area contributed by atoms with Crippen molar-refractivity contribution < 1.29 is 17.6 Å². The normalized spacial score (nSPS) is 14.6. The van der Waals surface area contributed by atoms with Gasteiger partial charge in [-0.2, -0.15) is 13.2 Å². The van der Waals surface area contributed by atoms with E-state index in [1.807, 2.05) is 30.3 Å². The third kappa shape index (κ3) is 3.93.